The first-order chi connectivity index (χ1) is 11.9. The van der Waals surface area contributed by atoms with Crippen LogP contribution in [0.4, 0.5) is 5.69 Å². The van der Waals surface area contributed by atoms with E-state index in [4.69, 9.17) is 0 Å². The Labute approximate surface area is 143 Å². The topological polar surface area (TPSA) is 21.1 Å². The average molecular weight is 319 g/mol. The molecule has 3 aromatic rings. The van der Waals surface area contributed by atoms with Crippen LogP contribution < -0.4 is 4.90 Å². The molecule has 3 heteroatoms. The Bertz CT molecular complexity index is 920. The maximum atomic E-state index is 4.43. The van der Waals surface area contributed by atoms with Crippen LogP contribution in [0.5, 0.6) is 0 Å². The number of anilines is 1. The van der Waals surface area contributed by atoms with Crippen LogP contribution in [0.1, 0.15) is 43.7 Å². The summed E-state index contributed by atoms with van der Waals surface area (Å²) >= 11 is 0. The second kappa shape index (κ2) is 5.51. The molecular weight excluding hydrogens is 294 g/mol. The van der Waals surface area contributed by atoms with E-state index in [0.717, 1.165) is 6.54 Å². The van der Waals surface area contributed by atoms with Crippen molar-refractivity contribution in [2.75, 3.05) is 18.0 Å². The monoisotopic (exact) mass is 319 g/mol. The quantitative estimate of drug-likeness (QED) is 0.698. The molecule has 0 unspecified atom stereocenters. The summed E-state index contributed by atoms with van der Waals surface area (Å²) in [5.41, 5.74) is 7.58. The average Bonchev–Trinajstić information content (AvgIpc) is 2.95. The number of fused-ring (bicyclic) bond motifs is 4. The van der Waals surface area contributed by atoms with Crippen LogP contribution in [0.25, 0.3) is 21.8 Å². The van der Waals surface area contributed by atoms with E-state index in [-0.39, 0.29) is 0 Å². The Morgan fingerprint density at radius 2 is 2.00 bits per heavy atom. The predicted molar refractivity (Wildman–Crippen MR) is 101 cm³/mol. The van der Waals surface area contributed by atoms with E-state index in [1.807, 2.05) is 6.20 Å². The summed E-state index contributed by atoms with van der Waals surface area (Å²) in [7, 11) is 0. The number of hydrogen-bond donors (Lipinski definition) is 0. The molecule has 24 heavy (non-hydrogen) atoms. The lowest BCUT2D eigenvalue weighted by Crippen LogP contribution is -2.34. The lowest BCUT2D eigenvalue weighted by atomic mass is 9.89. The van der Waals surface area contributed by atoms with Crippen molar-refractivity contribution in [3.8, 4) is 0 Å². The fraction of sp³-hybridized carbons (Fsp3) is 0.476. The van der Waals surface area contributed by atoms with Crippen LogP contribution in [0, 0.1) is 0 Å². The number of unbranched alkanes of at least 4 members (excludes halogenated alkanes) is 1. The molecule has 0 fully saturated rings. The number of aromatic nitrogens is 2. The summed E-state index contributed by atoms with van der Waals surface area (Å²) in [5, 5.41) is 2.85. The van der Waals surface area contributed by atoms with Crippen molar-refractivity contribution in [3.05, 3.63) is 35.7 Å². The van der Waals surface area contributed by atoms with Gasteiger partial charge in [0.1, 0.15) is 0 Å². The van der Waals surface area contributed by atoms with Crippen molar-refractivity contribution in [3.63, 3.8) is 0 Å². The van der Waals surface area contributed by atoms with E-state index in [0.29, 0.717) is 0 Å². The van der Waals surface area contributed by atoms with Crippen LogP contribution in [0.15, 0.2) is 24.5 Å². The maximum absolute atomic E-state index is 4.43. The fourth-order valence-electron chi connectivity index (χ4n) is 4.85. The molecule has 0 spiro atoms. The number of nitrogens with zero attached hydrogens (tertiary/aromatic N) is 3. The van der Waals surface area contributed by atoms with Gasteiger partial charge in [-0.05, 0) is 49.8 Å². The van der Waals surface area contributed by atoms with Crippen LogP contribution in [-0.4, -0.2) is 22.6 Å². The molecule has 0 saturated carbocycles. The number of pyridine rings is 1. The molecule has 5 rings (SSSR count). The van der Waals surface area contributed by atoms with Crippen molar-refractivity contribution < 1.29 is 0 Å². The summed E-state index contributed by atoms with van der Waals surface area (Å²) in [6.45, 7) is 5.86. The van der Waals surface area contributed by atoms with Crippen molar-refractivity contribution in [2.45, 2.75) is 52.0 Å². The van der Waals surface area contributed by atoms with E-state index in [2.05, 4.69) is 39.7 Å². The Balaban J connectivity index is 1.89. The first-order valence-electron chi connectivity index (χ1n) is 9.54. The van der Waals surface area contributed by atoms with E-state index >= 15 is 0 Å². The van der Waals surface area contributed by atoms with Gasteiger partial charge in [-0.1, -0.05) is 13.3 Å². The molecule has 3 nitrogen and oxygen atoms in total. The Hall–Kier alpha value is -2.03. The zero-order valence-electron chi connectivity index (χ0n) is 14.5. The minimum Gasteiger partial charge on any atom is -0.371 e. The molecule has 0 radical (unpaired) electrons. The van der Waals surface area contributed by atoms with E-state index in [1.54, 1.807) is 16.8 Å². The summed E-state index contributed by atoms with van der Waals surface area (Å²) in [5.74, 6) is 0. The van der Waals surface area contributed by atoms with Gasteiger partial charge < -0.3 is 9.47 Å². The molecule has 0 atom stereocenters. The van der Waals surface area contributed by atoms with Crippen LogP contribution in [0.3, 0.4) is 0 Å². The molecule has 0 amide bonds. The lowest BCUT2D eigenvalue weighted by Gasteiger charge is -2.37. The zero-order valence-corrected chi connectivity index (χ0v) is 14.5. The molecule has 2 aromatic heterocycles. The van der Waals surface area contributed by atoms with Crippen molar-refractivity contribution in [2.24, 2.45) is 0 Å². The molecule has 0 aliphatic carbocycles. The fourth-order valence-corrected chi connectivity index (χ4v) is 4.85. The van der Waals surface area contributed by atoms with Crippen LogP contribution in [-0.2, 0) is 19.4 Å². The molecule has 2 aliphatic rings. The molecule has 4 heterocycles. The smallest absolute Gasteiger partial charge is 0.0677 e. The molecular formula is C21H25N3. The van der Waals surface area contributed by atoms with Gasteiger partial charge in [0.05, 0.1) is 17.2 Å². The molecule has 0 saturated heterocycles. The Morgan fingerprint density at radius 3 is 2.88 bits per heavy atom. The number of rotatable bonds is 3. The summed E-state index contributed by atoms with van der Waals surface area (Å²) < 4.78 is 2.56. The highest BCUT2D eigenvalue weighted by molar-refractivity contribution is 6.10. The van der Waals surface area contributed by atoms with Crippen molar-refractivity contribution in [1.29, 1.82) is 0 Å². The zero-order chi connectivity index (χ0) is 16.1. The third-order valence-electron chi connectivity index (χ3n) is 5.88. The van der Waals surface area contributed by atoms with Gasteiger partial charge in [0, 0.05) is 47.9 Å². The number of hydrogen-bond acceptors (Lipinski definition) is 2. The minimum absolute atomic E-state index is 1.11. The van der Waals surface area contributed by atoms with Gasteiger partial charge in [-0.15, -0.1) is 0 Å². The van der Waals surface area contributed by atoms with Crippen molar-refractivity contribution in [1.82, 2.24) is 9.55 Å². The van der Waals surface area contributed by atoms with E-state index < -0.39 is 0 Å². The highest BCUT2D eigenvalue weighted by Crippen LogP contribution is 2.43. The highest BCUT2D eigenvalue weighted by atomic mass is 15.1. The SMILES string of the molecule is CCCCn1c2cnccc2c2cc3c4c(c21)CCCN4CCC3. The third-order valence-corrected chi connectivity index (χ3v) is 5.88. The lowest BCUT2D eigenvalue weighted by molar-refractivity contribution is 0.629. The standard InChI is InChI=1S/C21H25N3/c1-2-3-12-24-19-14-22-9-8-16(19)18-13-15-6-4-10-23-11-5-7-17(20(15)23)21(18)24/h8-9,13-14H,2-7,10-12H2,1H3. The predicted octanol–water partition coefficient (Wildman–Crippen LogP) is 4.69. The third kappa shape index (κ3) is 1.93. The second-order valence-electron chi connectivity index (χ2n) is 7.35. The normalized spacial score (nSPS) is 16.8. The molecule has 124 valence electrons. The molecule has 1 aromatic carbocycles. The van der Waals surface area contributed by atoms with Gasteiger partial charge in [-0.3, -0.25) is 4.98 Å². The molecule has 0 N–H and O–H groups in total. The van der Waals surface area contributed by atoms with Gasteiger partial charge in [-0.25, -0.2) is 0 Å². The Kier molecular flexibility index (Phi) is 3.29. The maximum Gasteiger partial charge on any atom is 0.0677 e. The summed E-state index contributed by atoms with van der Waals surface area (Å²) in [6, 6.07) is 4.71. The summed E-state index contributed by atoms with van der Waals surface area (Å²) in [6.07, 6.45) is 11.5. The minimum atomic E-state index is 1.11. The van der Waals surface area contributed by atoms with Gasteiger partial charge in [0.2, 0.25) is 0 Å². The first-order valence-corrected chi connectivity index (χ1v) is 9.54. The molecule has 2 aliphatic heterocycles. The first kappa shape index (κ1) is 14.3. The largest absolute Gasteiger partial charge is 0.371 e. The Morgan fingerprint density at radius 1 is 1.12 bits per heavy atom. The highest BCUT2D eigenvalue weighted by Gasteiger charge is 2.28. The van der Waals surface area contributed by atoms with Crippen LogP contribution in [0.2, 0.25) is 0 Å². The van der Waals surface area contributed by atoms with Crippen LogP contribution >= 0.6 is 0 Å². The number of benzene rings is 1. The van der Waals surface area contributed by atoms with Gasteiger partial charge >= 0.3 is 0 Å². The molecule has 0 bridgehead atoms. The second-order valence-corrected chi connectivity index (χ2v) is 7.35. The van der Waals surface area contributed by atoms with E-state index in [1.165, 1.54) is 73.4 Å². The van der Waals surface area contributed by atoms with Crippen molar-refractivity contribution >= 4 is 27.5 Å². The van der Waals surface area contributed by atoms with Gasteiger partial charge in [0.15, 0.2) is 0 Å². The van der Waals surface area contributed by atoms with Gasteiger partial charge in [-0.2, -0.15) is 0 Å². The summed E-state index contributed by atoms with van der Waals surface area (Å²) in [4.78, 5) is 7.08. The van der Waals surface area contributed by atoms with Gasteiger partial charge in [0.25, 0.3) is 0 Å². The van der Waals surface area contributed by atoms with E-state index in [9.17, 15) is 0 Å². The number of aryl methyl sites for hydroxylation is 3.